The summed E-state index contributed by atoms with van der Waals surface area (Å²) in [5.74, 6) is 1.49. The maximum Gasteiger partial charge on any atom is 0.251 e. The Balaban J connectivity index is 1.26. The monoisotopic (exact) mass is 491 g/mol. The van der Waals surface area contributed by atoms with Crippen molar-refractivity contribution in [3.63, 3.8) is 0 Å². The van der Waals surface area contributed by atoms with Crippen LogP contribution in [0.5, 0.6) is 0 Å². The molecule has 2 aromatic heterocycles. The van der Waals surface area contributed by atoms with E-state index in [1.54, 1.807) is 7.05 Å². The number of amides is 1. The minimum atomic E-state index is -0.104. The summed E-state index contributed by atoms with van der Waals surface area (Å²) < 4.78 is 5.86. The lowest BCUT2D eigenvalue weighted by Crippen LogP contribution is -2.50. The molecular formula is C25H33N9O2. The van der Waals surface area contributed by atoms with Crippen LogP contribution >= 0.6 is 0 Å². The highest BCUT2D eigenvalue weighted by Crippen LogP contribution is 2.42. The van der Waals surface area contributed by atoms with Crippen molar-refractivity contribution in [2.24, 2.45) is 11.1 Å². The molecule has 0 aliphatic carbocycles. The van der Waals surface area contributed by atoms with Gasteiger partial charge in [0.2, 0.25) is 0 Å². The Labute approximate surface area is 210 Å². The van der Waals surface area contributed by atoms with E-state index in [1.165, 1.54) is 0 Å². The zero-order chi connectivity index (χ0) is 25.0. The molecule has 3 aliphatic heterocycles. The molecule has 190 valence electrons. The van der Waals surface area contributed by atoms with E-state index in [9.17, 15) is 4.79 Å². The number of carbonyl (C=O) groups is 1. The maximum atomic E-state index is 12.2. The van der Waals surface area contributed by atoms with Crippen molar-refractivity contribution < 1.29 is 9.53 Å². The predicted molar refractivity (Wildman–Crippen MR) is 139 cm³/mol. The number of ether oxygens (including phenoxy) is 1. The van der Waals surface area contributed by atoms with Gasteiger partial charge in [0.15, 0.2) is 17.0 Å². The molecule has 3 aliphatic rings. The molecule has 36 heavy (non-hydrogen) atoms. The normalized spacial score (nSPS) is 23.4. The van der Waals surface area contributed by atoms with Crippen LogP contribution in [0.1, 0.15) is 30.1 Å². The number of hydrogen-bond donors (Lipinski definition) is 3. The Morgan fingerprint density at radius 2 is 2.03 bits per heavy atom. The molecule has 11 nitrogen and oxygen atoms in total. The van der Waals surface area contributed by atoms with Gasteiger partial charge in [-0.05, 0) is 38.0 Å². The van der Waals surface area contributed by atoms with Crippen molar-refractivity contribution in [1.29, 1.82) is 0 Å². The second kappa shape index (κ2) is 8.59. The second-order valence-electron chi connectivity index (χ2n) is 10.2. The van der Waals surface area contributed by atoms with Gasteiger partial charge in [-0.1, -0.05) is 0 Å². The number of carbonyl (C=O) groups excluding carboxylic acids is 1. The van der Waals surface area contributed by atoms with Gasteiger partial charge in [-0.3, -0.25) is 9.89 Å². The first-order valence-corrected chi connectivity index (χ1v) is 12.6. The highest BCUT2D eigenvalue weighted by molar-refractivity contribution is 5.97. The molecule has 3 aromatic rings. The number of likely N-dealkylation sites (N-methyl/N-ethyl adjacent to an activating group) is 1. The third kappa shape index (κ3) is 3.56. The van der Waals surface area contributed by atoms with Crippen molar-refractivity contribution in [2.45, 2.75) is 31.9 Å². The average Bonchev–Trinajstić information content (AvgIpc) is 3.45. The smallest absolute Gasteiger partial charge is 0.251 e. The van der Waals surface area contributed by atoms with Crippen molar-refractivity contribution >= 4 is 40.1 Å². The molecule has 0 unspecified atom stereocenters. The van der Waals surface area contributed by atoms with Crippen LogP contribution in [0.3, 0.4) is 0 Å². The molecule has 4 N–H and O–H groups in total. The van der Waals surface area contributed by atoms with E-state index in [0.29, 0.717) is 11.2 Å². The van der Waals surface area contributed by atoms with E-state index in [0.717, 1.165) is 74.2 Å². The molecule has 1 amide bonds. The molecule has 1 spiro atoms. The summed E-state index contributed by atoms with van der Waals surface area (Å²) in [4.78, 5) is 28.4. The molecule has 2 fully saturated rings. The second-order valence-corrected chi connectivity index (χ2v) is 10.2. The minimum absolute atomic E-state index is 0.0705. The summed E-state index contributed by atoms with van der Waals surface area (Å²) in [6, 6.07) is 5.82. The Hall–Kier alpha value is -3.44. The Morgan fingerprint density at radius 3 is 2.75 bits per heavy atom. The number of H-pyrrole nitrogens is 1. The number of fused-ring (bicyclic) bond motifs is 2. The van der Waals surface area contributed by atoms with E-state index < -0.39 is 0 Å². The molecule has 0 saturated carbocycles. The first kappa shape index (κ1) is 23.0. The fraction of sp³-hybridized carbons (Fsp3) is 0.520. The van der Waals surface area contributed by atoms with Crippen LogP contribution in [-0.4, -0.2) is 85.1 Å². The van der Waals surface area contributed by atoms with E-state index in [-0.39, 0.29) is 23.5 Å². The van der Waals surface area contributed by atoms with Crippen LogP contribution in [0.15, 0.2) is 24.4 Å². The van der Waals surface area contributed by atoms with E-state index >= 15 is 0 Å². The van der Waals surface area contributed by atoms with Crippen molar-refractivity contribution in [1.82, 2.24) is 25.5 Å². The third-order valence-electron chi connectivity index (χ3n) is 8.25. The van der Waals surface area contributed by atoms with Crippen molar-refractivity contribution in [3.8, 4) is 0 Å². The number of nitrogens with two attached hydrogens (primary N) is 1. The quantitative estimate of drug-likeness (QED) is 0.501. The number of nitrogens with one attached hydrogen (secondary N) is 2. The highest BCUT2D eigenvalue weighted by atomic mass is 16.5. The zero-order valence-electron chi connectivity index (χ0n) is 21.0. The number of aromatic amines is 1. The maximum absolute atomic E-state index is 12.2. The van der Waals surface area contributed by atoms with Crippen molar-refractivity contribution in [2.75, 3.05) is 61.6 Å². The van der Waals surface area contributed by atoms with E-state index in [4.69, 9.17) is 20.4 Å². The van der Waals surface area contributed by atoms with Crippen LogP contribution in [0.25, 0.3) is 11.2 Å². The molecule has 1 aromatic carbocycles. The van der Waals surface area contributed by atoms with E-state index in [2.05, 4.69) is 37.1 Å². The van der Waals surface area contributed by atoms with Crippen molar-refractivity contribution in [3.05, 3.63) is 30.0 Å². The molecule has 6 rings (SSSR count). The lowest BCUT2D eigenvalue weighted by atomic mass is 9.73. The zero-order valence-corrected chi connectivity index (χ0v) is 21.0. The van der Waals surface area contributed by atoms with Gasteiger partial charge in [0, 0.05) is 57.3 Å². The lowest BCUT2D eigenvalue weighted by molar-refractivity contribution is 0.0962. The fourth-order valence-electron chi connectivity index (χ4n) is 5.83. The van der Waals surface area contributed by atoms with Gasteiger partial charge in [-0.25, -0.2) is 9.97 Å². The van der Waals surface area contributed by atoms with Gasteiger partial charge in [-0.15, -0.1) is 0 Å². The summed E-state index contributed by atoms with van der Waals surface area (Å²) in [6.07, 6.45) is 3.94. The molecule has 0 bridgehead atoms. The standard InChI is InChI=1S/C25H33N9O2/c1-15-21(26)25(14-36-15)6-8-33(9-7-25)19-13-28-20-22(29-19)30-31-23(20)34-11-10-32(3)18-12-16(24(35)27-2)4-5-17(18)34/h4-5,12-13,15,21H,6-11,14,26H2,1-3H3,(H,27,35)(H,29,30,31)/t15-,21+/m0/s1. The first-order valence-electron chi connectivity index (χ1n) is 12.6. The molecule has 2 atom stereocenters. The Kier molecular flexibility index (Phi) is 5.49. The SMILES string of the molecule is CNC(=O)c1ccc2c(c1)N(C)CCN2c1n[nH]c2nc(N3CCC4(CC3)CO[C@@H](C)[C@H]4N)cnc12. The summed E-state index contributed by atoms with van der Waals surface area (Å²) in [7, 11) is 3.67. The van der Waals surface area contributed by atoms with Gasteiger partial charge in [0.05, 0.1) is 30.3 Å². The lowest BCUT2D eigenvalue weighted by Gasteiger charge is -2.41. The average molecular weight is 492 g/mol. The Morgan fingerprint density at radius 1 is 1.22 bits per heavy atom. The van der Waals surface area contributed by atoms with Gasteiger partial charge >= 0.3 is 0 Å². The molecule has 11 heteroatoms. The number of anilines is 4. The molecular weight excluding hydrogens is 458 g/mol. The number of hydrogen-bond acceptors (Lipinski definition) is 9. The number of aromatic nitrogens is 4. The van der Waals surface area contributed by atoms with E-state index in [1.807, 2.05) is 31.4 Å². The van der Waals surface area contributed by atoms with Crippen LogP contribution in [0.2, 0.25) is 0 Å². The number of rotatable bonds is 3. The van der Waals surface area contributed by atoms with Crippen LogP contribution in [0, 0.1) is 5.41 Å². The van der Waals surface area contributed by atoms with Crippen LogP contribution in [-0.2, 0) is 4.74 Å². The molecule has 2 saturated heterocycles. The summed E-state index contributed by atoms with van der Waals surface area (Å²) >= 11 is 0. The van der Waals surface area contributed by atoms with Gasteiger partial charge in [0.1, 0.15) is 5.82 Å². The minimum Gasteiger partial charge on any atom is -0.376 e. The van der Waals surface area contributed by atoms with Crippen LogP contribution < -0.4 is 25.8 Å². The third-order valence-corrected chi connectivity index (χ3v) is 8.25. The molecule has 0 radical (unpaired) electrons. The number of benzene rings is 1. The summed E-state index contributed by atoms with van der Waals surface area (Å²) in [5, 5.41) is 10.4. The Bertz CT molecular complexity index is 1300. The molecule has 5 heterocycles. The predicted octanol–water partition coefficient (Wildman–Crippen LogP) is 1.63. The fourth-order valence-corrected chi connectivity index (χ4v) is 5.83. The highest BCUT2D eigenvalue weighted by Gasteiger charge is 2.47. The van der Waals surface area contributed by atoms with Crippen LogP contribution in [0.4, 0.5) is 23.0 Å². The van der Waals surface area contributed by atoms with Gasteiger partial charge in [0.25, 0.3) is 5.91 Å². The number of piperidine rings is 1. The number of nitrogens with zero attached hydrogens (tertiary/aromatic N) is 6. The summed E-state index contributed by atoms with van der Waals surface area (Å²) in [5.41, 5.74) is 10.5. The topological polar surface area (TPSA) is 129 Å². The van der Waals surface area contributed by atoms with Gasteiger partial charge in [-0.2, -0.15) is 5.10 Å². The largest absolute Gasteiger partial charge is 0.376 e. The van der Waals surface area contributed by atoms with Gasteiger partial charge < -0.3 is 30.5 Å². The first-order chi connectivity index (χ1) is 17.4. The summed E-state index contributed by atoms with van der Waals surface area (Å²) in [6.45, 7) is 6.12.